The summed E-state index contributed by atoms with van der Waals surface area (Å²) < 4.78 is 5.81. The van der Waals surface area contributed by atoms with Crippen molar-refractivity contribution in [2.75, 3.05) is 6.61 Å². The van der Waals surface area contributed by atoms with Gasteiger partial charge in [-0.05, 0) is 67.7 Å². The Morgan fingerprint density at radius 2 is 1.41 bits per heavy atom. The number of hydrogen-bond donors (Lipinski definition) is 2. The molecule has 0 bridgehead atoms. The van der Waals surface area contributed by atoms with Crippen molar-refractivity contribution in [1.82, 2.24) is 5.32 Å². The molecule has 0 aliphatic heterocycles. The van der Waals surface area contributed by atoms with Crippen LogP contribution in [-0.4, -0.2) is 40.1 Å². The van der Waals surface area contributed by atoms with Crippen molar-refractivity contribution in [3.63, 3.8) is 0 Å². The monoisotopic (exact) mass is 387 g/mol. The molecule has 27 heavy (non-hydrogen) atoms. The minimum atomic E-state index is -0.749. The largest absolute Gasteiger partial charge is 0.390 e. The molecule has 0 aliphatic rings. The van der Waals surface area contributed by atoms with Crippen LogP contribution in [0.2, 0.25) is 0 Å². The number of amides is 1. The van der Waals surface area contributed by atoms with Crippen LogP contribution < -0.4 is 5.32 Å². The molecule has 2 N–H and O–H groups in total. The summed E-state index contributed by atoms with van der Waals surface area (Å²) in [6.07, 6.45) is 2.10. The molecule has 0 heterocycles. The van der Waals surface area contributed by atoms with Gasteiger partial charge in [0.25, 0.3) is 0 Å². The summed E-state index contributed by atoms with van der Waals surface area (Å²) in [4.78, 5) is 24.0. The van der Waals surface area contributed by atoms with E-state index in [1.54, 1.807) is 20.8 Å². The highest BCUT2D eigenvalue weighted by Crippen LogP contribution is 2.29. The average molecular weight is 388 g/mol. The van der Waals surface area contributed by atoms with E-state index in [2.05, 4.69) is 5.32 Å². The van der Waals surface area contributed by atoms with Crippen LogP contribution in [0.4, 0.5) is 0 Å². The van der Waals surface area contributed by atoms with Crippen LogP contribution in [0.5, 0.6) is 0 Å². The van der Waals surface area contributed by atoms with Crippen molar-refractivity contribution in [3.8, 4) is 0 Å². The molecular weight excluding hydrogens is 342 g/mol. The van der Waals surface area contributed by atoms with Crippen LogP contribution in [0.1, 0.15) is 102 Å². The predicted octanol–water partition coefficient (Wildman–Crippen LogP) is 4.65. The Morgan fingerprint density at radius 3 is 1.81 bits per heavy atom. The summed E-state index contributed by atoms with van der Waals surface area (Å²) in [6.45, 7) is 21.2. The van der Waals surface area contributed by atoms with E-state index in [9.17, 15) is 14.7 Å². The van der Waals surface area contributed by atoms with Crippen molar-refractivity contribution in [2.45, 2.75) is 119 Å². The molecule has 162 valence electrons. The van der Waals surface area contributed by atoms with Gasteiger partial charge < -0.3 is 15.2 Å². The zero-order valence-corrected chi connectivity index (χ0v) is 19.7. The highest BCUT2D eigenvalue weighted by molar-refractivity contribution is 5.82. The highest BCUT2D eigenvalue weighted by Gasteiger charge is 2.33. The van der Waals surface area contributed by atoms with Crippen LogP contribution in [0.15, 0.2) is 0 Å². The maximum atomic E-state index is 12.3. The number of rotatable bonds is 11. The Bertz CT molecular complexity index is 459. The van der Waals surface area contributed by atoms with Crippen LogP contribution in [0, 0.1) is 5.41 Å². The third-order valence-electron chi connectivity index (χ3n) is 4.48. The summed E-state index contributed by atoms with van der Waals surface area (Å²) in [5.74, 6) is 0.0830. The lowest BCUT2D eigenvalue weighted by molar-refractivity contribution is -0.129. The fourth-order valence-corrected chi connectivity index (χ4v) is 2.78. The molecule has 5 nitrogen and oxygen atoms in total. The summed E-state index contributed by atoms with van der Waals surface area (Å²) in [5, 5.41) is 12.8. The van der Waals surface area contributed by atoms with Gasteiger partial charge in [-0.25, -0.2) is 0 Å². The van der Waals surface area contributed by atoms with Gasteiger partial charge in [-0.2, -0.15) is 0 Å². The maximum Gasteiger partial charge on any atom is 0.220 e. The number of nitrogens with one attached hydrogen (secondary N) is 1. The summed E-state index contributed by atoms with van der Waals surface area (Å²) in [6, 6.07) is 0. The fourth-order valence-electron chi connectivity index (χ4n) is 2.78. The molecule has 0 radical (unpaired) electrons. The van der Waals surface area contributed by atoms with E-state index in [0.717, 1.165) is 0 Å². The van der Waals surface area contributed by atoms with Gasteiger partial charge in [-0.3, -0.25) is 9.59 Å². The Hall–Kier alpha value is -0.940. The molecule has 0 unspecified atom stereocenters. The smallest absolute Gasteiger partial charge is 0.220 e. The molecule has 0 fully saturated rings. The second-order valence-electron chi connectivity index (χ2n) is 9.72. The average Bonchev–Trinajstić information content (AvgIpc) is 2.44. The first-order valence-corrected chi connectivity index (χ1v) is 10.1. The third kappa shape index (κ3) is 14.7. The van der Waals surface area contributed by atoms with Crippen molar-refractivity contribution in [3.05, 3.63) is 0 Å². The minimum absolute atomic E-state index is 0.0384. The minimum Gasteiger partial charge on any atom is -0.390 e. The molecule has 0 aliphatic carbocycles. The molecule has 0 saturated carbocycles. The number of aliphatic hydroxyl groups is 1. The van der Waals surface area contributed by atoms with Gasteiger partial charge in [-0.1, -0.05) is 27.7 Å². The Morgan fingerprint density at radius 1 is 0.926 bits per heavy atom. The lowest BCUT2D eigenvalue weighted by Crippen LogP contribution is -2.47. The van der Waals surface area contributed by atoms with E-state index in [4.69, 9.17) is 4.74 Å². The van der Waals surface area contributed by atoms with E-state index in [1.165, 1.54) is 0 Å². The third-order valence-corrected chi connectivity index (χ3v) is 4.48. The van der Waals surface area contributed by atoms with Gasteiger partial charge in [0, 0.05) is 17.4 Å². The predicted molar refractivity (Wildman–Crippen MR) is 113 cm³/mol. The molecular formula is C22H45NO4. The standard InChI is InChI=1S/C20H39NO4.C2H6/c1-15(22)17(2,3)14-18(4,5)21-16(23)10-11-20(8,9)25-13-12-19(6,7)24;1-2/h24H,10-14H2,1-9H3,(H,21,23);1-2H3. The highest BCUT2D eigenvalue weighted by atomic mass is 16.5. The number of carbonyl (C=O) groups is 2. The molecule has 0 aromatic carbocycles. The van der Waals surface area contributed by atoms with Crippen molar-refractivity contribution < 1.29 is 19.4 Å². The lowest BCUT2D eigenvalue weighted by atomic mass is 9.77. The number of Topliss-reactive ketones (excluding diaryl/α,β-unsaturated/α-hetero) is 1. The zero-order chi connectivity index (χ0) is 22.1. The first-order valence-electron chi connectivity index (χ1n) is 10.1. The van der Waals surface area contributed by atoms with Crippen LogP contribution in [0.25, 0.3) is 0 Å². The molecule has 0 aromatic rings. The molecule has 5 heteroatoms. The molecule has 0 atom stereocenters. The summed E-state index contributed by atoms with van der Waals surface area (Å²) in [5.41, 5.74) is -2.08. The fraction of sp³-hybridized carbons (Fsp3) is 0.909. The molecule has 0 aromatic heterocycles. The van der Waals surface area contributed by atoms with Crippen molar-refractivity contribution in [2.24, 2.45) is 5.41 Å². The van der Waals surface area contributed by atoms with Gasteiger partial charge in [0.1, 0.15) is 5.78 Å². The number of hydrogen-bond acceptors (Lipinski definition) is 4. The maximum absolute atomic E-state index is 12.3. The van der Waals surface area contributed by atoms with Gasteiger partial charge in [0.2, 0.25) is 5.91 Å². The van der Waals surface area contributed by atoms with Crippen LogP contribution in [-0.2, 0) is 14.3 Å². The summed E-state index contributed by atoms with van der Waals surface area (Å²) in [7, 11) is 0. The quantitative estimate of drug-likeness (QED) is 0.541. The second kappa shape index (κ2) is 11.2. The number of ketones is 1. The zero-order valence-electron chi connectivity index (χ0n) is 19.7. The molecule has 0 rings (SSSR count). The lowest BCUT2D eigenvalue weighted by Gasteiger charge is -2.34. The van der Waals surface area contributed by atoms with E-state index >= 15 is 0 Å². The van der Waals surface area contributed by atoms with E-state index in [1.807, 2.05) is 55.4 Å². The number of ether oxygens (including phenoxy) is 1. The number of carbonyl (C=O) groups excluding carboxylic acids is 2. The van der Waals surface area contributed by atoms with Gasteiger partial charge in [0.15, 0.2) is 0 Å². The van der Waals surface area contributed by atoms with E-state index in [-0.39, 0.29) is 11.7 Å². The first-order chi connectivity index (χ1) is 12.0. The first kappa shape index (κ1) is 28.3. The Kier molecular flexibility index (Phi) is 11.7. The molecule has 1 amide bonds. The van der Waals surface area contributed by atoms with Crippen molar-refractivity contribution >= 4 is 11.7 Å². The van der Waals surface area contributed by atoms with Gasteiger partial charge >= 0.3 is 0 Å². The van der Waals surface area contributed by atoms with Gasteiger partial charge in [0.05, 0.1) is 17.8 Å². The molecule has 0 spiro atoms. The normalized spacial score (nSPS) is 12.9. The second-order valence-corrected chi connectivity index (χ2v) is 9.72. The van der Waals surface area contributed by atoms with E-state index < -0.39 is 22.2 Å². The Labute approximate surface area is 167 Å². The van der Waals surface area contributed by atoms with E-state index in [0.29, 0.717) is 32.3 Å². The van der Waals surface area contributed by atoms with Crippen molar-refractivity contribution in [1.29, 1.82) is 0 Å². The van der Waals surface area contributed by atoms with Crippen LogP contribution >= 0.6 is 0 Å². The molecule has 0 saturated heterocycles. The Balaban J connectivity index is 0. The topological polar surface area (TPSA) is 75.6 Å². The van der Waals surface area contributed by atoms with Gasteiger partial charge in [-0.15, -0.1) is 0 Å². The SMILES string of the molecule is CC.CC(=O)C(C)(C)CC(C)(C)NC(=O)CCC(C)(C)OCCC(C)(C)O. The summed E-state index contributed by atoms with van der Waals surface area (Å²) >= 11 is 0. The van der Waals surface area contributed by atoms with Crippen LogP contribution in [0.3, 0.4) is 0 Å².